The molecular weight excluding hydrogens is 360 g/mol. The standard InChI is InChI=1S/C20H16N4O4/c25-18-9-15(20(26)22-13-6-7-16-17(8-13)28-11-27-16)24-19(23-18)14(10-21-24)12-4-2-1-3-5-12/h1-8,10,15H,9,11H2,(H,22,26)(H,23,25). The molecule has 0 fully saturated rings. The Balaban J connectivity index is 1.44. The predicted molar refractivity (Wildman–Crippen MR) is 101 cm³/mol. The maximum Gasteiger partial charge on any atom is 0.249 e. The smallest absolute Gasteiger partial charge is 0.249 e. The molecule has 2 amide bonds. The lowest BCUT2D eigenvalue weighted by molar-refractivity contribution is -0.125. The van der Waals surface area contributed by atoms with Gasteiger partial charge in [-0.15, -0.1) is 0 Å². The minimum atomic E-state index is -0.744. The van der Waals surface area contributed by atoms with Gasteiger partial charge in [0.15, 0.2) is 11.5 Å². The van der Waals surface area contributed by atoms with Gasteiger partial charge >= 0.3 is 0 Å². The van der Waals surface area contributed by atoms with Crippen LogP contribution >= 0.6 is 0 Å². The fourth-order valence-corrected chi connectivity index (χ4v) is 3.40. The van der Waals surface area contributed by atoms with Crippen LogP contribution in [0.25, 0.3) is 11.1 Å². The summed E-state index contributed by atoms with van der Waals surface area (Å²) in [6.07, 6.45) is 1.68. The van der Waals surface area contributed by atoms with E-state index in [0.29, 0.717) is 23.0 Å². The highest BCUT2D eigenvalue weighted by molar-refractivity contribution is 6.03. The fraction of sp³-hybridized carbons (Fsp3) is 0.150. The molecule has 0 bridgehead atoms. The van der Waals surface area contributed by atoms with Gasteiger partial charge < -0.3 is 20.1 Å². The zero-order valence-electron chi connectivity index (χ0n) is 14.7. The molecule has 3 heterocycles. The maximum atomic E-state index is 12.9. The van der Waals surface area contributed by atoms with Crippen molar-refractivity contribution in [3.05, 3.63) is 54.7 Å². The third-order valence-electron chi connectivity index (χ3n) is 4.75. The average molecular weight is 376 g/mol. The molecule has 1 atom stereocenters. The number of benzene rings is 2. The molecule has 8 heteroatoms. The van der Waals surface area contributed by atoms with Crippen molar-refractivity contribution in [2.24, 2.45) is 0 Å². The van der Waals surface area contributed by atoms with E-state index in [-0.39, 0.29) is 25.0 Å². The Morgan fingerprint density at radius 2 is 1.96 bits per heavy atom. The maximum absolute atomic E-state index is 12.9. The molecule has 3 aromatic rings. The van der Waals surface area contributed by atoms with E-state index in [2.05, 4.69) is 15.7 Å². The van der Waals surface area contributed by atoms with Crippen LogP contribution < -0.4 is 20.1 Å². The van der Waals surface area contributed by atoms with E-state index in [1.807, 2.05) is 30.3 Å². The topological polar surface area (TPSA) is 94.5 Å². The van der Waals surface area contributed by atoms with Crippen LogP contribution in [-0.4, -0.2) is 28.4 Å². The number of nitrogens with one attached hydrogen (secondary N) is 2. The number of hydrogen-bond acceptors (Lipinski definition) is 5. The fourth-order valence-electron chi connectivity index (χ4n) is 3.40. The number of amides is 2. The molecule has 0 saturated carbocycles. The second-order valence-electron chi connectivity index (χ2n) is 6.54. The highest BCUT2D eigenvalue weighted by Gasteiger charge is 2.33. The van der Waals surface area contributed by atoms with E-state index in [1.54, 1.807) is 29.1 Å². The summed E-state index contributed by atoms with van der Waals surface area (Å²) in [5.74, 6) is 1.18. The number of carbonyl (C=O) groups excluding carboxylic acids is 2. The summed E-state index contributed by atoms with van der Waals surface area (Å²) >= 11 is 0. The van der Waals surface area contributed by atoms with Crippen LogP contribution in [0.1, 0.15) is 12.5 Å². The SMILES string of the molecule is O=C1CC(C(=O)Nc2ccc3c(c2)OCO3)n2ncc(-c3ccccc3)c2N1. The Morgan fingerprint density at radius 3 is 2.82 bits per heavy atom. The van der Waals surface area contributed by atoms with Gasteiger partial charge in [-0.2, -0.15) is 5.10 Å². The number of carbonyl (C=O) groups is 2. The number of fused-ring (bicyclic) bond motifs is 2. The van der Waals surface area contributed by atoms with Crippen LogP contribution in [0.5, 0.6) is 11.5 Å². The minimum Gasteiger partial charge on any atom is -0.454 e. The van der Waals surface area contributed by atoms with E-state index in [1.165, 1.54) is 0 Å². The van der Waals surface area contributed by atoms with Gasteiger partial charge in [0.1, 0.15) is 11.9 Å². The molecule has 2 aliphatic heterocycles. The third kappa shape index (κ3) is 2.75. The van der Waals surface area contributed by atoms with Gasteiger partial charge in [-0.25, -0.2) is 4.68 Å². The molecule has 0 saturated heterocycles. The summed E-state index contributed by atoms with van der Waals surface area (Å²) in [4.78, 5) is 25.2. The number of aromatic nitrogens is 2. The van der Waals surface area contributed by atoms with Crippen molar-refractivity contribution in [2.75, 3.05) is 17.4 Å². The van der Waals surface area contributed by atoms with Crippen molar-refractivity contribution in [1.29, 1.82) is 0 Å². The van der Waals surface area contributed by atoms with Crippen LogP contribution in [0.4, 0.5) is 11.5 Å². The largest absolute Gasteiger partial charge is 0.454 e. The molecule has 2 N–H and O–H groups in total. The van der Waals surface area contributed by atoms with Crippen molar-refractivity contribution in [3.63, 3.8) is 0 Å². The molecule has 0 radical (unpaired) electrons. The molecule has 0 aliphatic carbocycles. The second-order valence-corrected chi connectivity index (χ2v) is 6.54. The number of hydrogen-bond donors (Lipinski definition) is 2. The van der Waals surface area contributed by atoms with E-state index in [9.17, 15) is 9.59 Å². The minimum absolute atomic E-state index is 0.0132. The van der Waals surface area contributed by atoms with Crippen molar-refractivity contribution < 1.29 is 19.1 Å². The third-order valence-corrected chi connectivity index (χ3v) is 4.75. The van der Waals surface area contributed by atoms with E-state index in [0.717, 1.165) is 11.1 Å². The van der Waals surface area contributed by atoms with Gasteiger partial charge in [0.2, 0.25) is 18.6 Å². The molecule has 2 aromatic carbocycles. The summed E-state index contributed by atoms with van der Waals surface area (Å²) in [7, 11) is 0. The Morgan fingerprint density at radius 1 is 1.14 bits per heavy atom. The van der Waals surface area contributed by atoms with Crippen molar-refractivity contribution in [2.45, 2.75) is 12.5 Å². The van der Waals surface area contributed by atoms with Gasteiger partial charge in [0, 0.05) is 17.3 Å². The summed E-state index contributed by atoms with van der Waals surface area (Å²) in [6, 6.07) is 14.0. The molecule has 140 valence electrons. The molecule has 28 heavy (non-hydrogen) atoms. The van der Waals surface area contributed by atoms with E-state index in [4.69, 9.17) is 9.47 Å². The quantitative estimate of drug-likeness (QED) is 0.733. The zero-order valence-corrected chi connectivity index (χ0v) is 14.7. The highest BCUT2D eigenvalue weighted by atomic mass is 16.7. The van der Waals surface area contributed by atoms with E-state index >= 15 is 0 Å². The van der Waals surface area contributed by atoms with Crippen molar-refractivity contribution >= 4 is 23.3 Å². The number of anilines is 2. The lowest BCUT2D eigenvalue weighted by atomic mass is 10.1. The monoisotopic (exact) mass is 376 g/mol. The molecule has 2 aliphatic rings. The van der Waals surface area contributed by atoms with Gasteiger partial charge in [0.05, 0.1) is 12.6 Å². The molecule has 0 spiro atoms. The van der Waals surface area contributed by atoms with Crippen molar-refractivity contribution in [1.82, 2.24) is 9.78 Å². The summed E-state index contributed by atoms with van der Waals surface area (Å²) in [5, 5.41) is 10.0. The van der Waals surface area contributed by atoms with Crippen LogP contribution in [0.15, 0.2) is 54.7 Å². The van der Waals surface area contributed by atoms with Crippen LogP contribution in [0.2, 0.25) is 0 Å². The highest BCUT2D eigenvalue weighted by Crippen LogP contribution is 2.36. The van der Waals surface area contributed by atoms with Gasteiger partial charge in [-0.3, -0.25) is 9.59 Å². The Bertz CT molecular complexity index is 1080. The Kier molecular flexibility index (Phi) is 3.75. The first-order valence-electron chi connectivity index (χ1n) is 8.82. The summed E-state index contributed by atoms with van der Waals surface area (Å²) in [5.41, 5.74) is 2.26. The lowest BCUT2D eigenvalue weighted by Crippen LogP contribution is -2.35. The molecule has 1 unspecified atom stereocenters. The predicted octanol–water partition coefficient (Wildman–Crippen LogP) is 2.80. The number of rotatable bonds is 3. The zero-order chi connectivity index (χ0) is 19.1. The number of nitrogens with zero attached hydrogens (tertiary/aromatic N) is 2. The normalized spacial score (nSPS) is 17.0. The molecular formula is C20H16N4O4. The first-order chi connectivity index (χ1) is 13.7. The molecule has 1 aromatic heterocycles. The summed E-state index contributed by atoms with van der Waals surface area (Å²) < 4.78 is 12.2. The van der Waals surface area contributed by atoms with Gasteiger partial charge in [-0.1, -0.05) is 30.3 Å². The first-order valence-corrected chi connectivity index (χ1v) is 8.82. The van der Waals surface area contributed by atoms with Crippen LogP contribution in [0.3, 0.4) is 0 Å². The van der Waals surface area contributed by atoms with Crippen LogP contribution in [0, 0.1) is 0 Å². The van der Waals surface area contributed by atoms with Crippen LogP contribution in [-0.2, 0) is 9.59 Å². The Hall–Kier alpha value is -3.81. The average Bonchev–Trinajstić information content (AvgIpc) is 3.34. The first kappa shape index (κ1) is 16.4. The summed E-state index contributed by atoms with van der Waals surface area (Å²) in [6.45, 7) is 0.161. The molecule has 8 nitrogen and oxygen atoms in total. The lowest BCUT2D eigenvalue weighted by Gasteiger charge is -2.24. The Labute approximate surface area is 160 Å². The second kappa shape index (κ2) is 6.41. The van der Waals surface area contributed by atoms with Gasteiger partial charge in [0.25, 0.3) is 0 Å². The van der Waals surface area contributed by atoms with Crippen molar-refractivity contribution in [3.8, 4) is 22.6 Å². The van der Waals surface area contributed by atoms with Gasteiger partial charge in [-0.05, 0) is 17.7 Å². The van der Waals surface area contributed by atoms with E-state index < -0.39 is 6.04 Å². The molecule has 5 rings (SSSR count). The number of ether oxygens (including phenoxy) is 2.